The molecule has 0 radical (unpaired) electrons. The maximum atomic E-state index is 8.51. The average molecular weight is 109 g/mol. The number of rotatable bonds is 0. The largest absolute Gasteiger partial charge is 0.198 e. The van der Waals surface area contributed by atoms with Crippen LogP contribution in [-0.4, -0.2) is 0 Å². The highest BCUT2D eigenvalue weighted by Gasteiger charge is 2.37. The van der Waals surface area contributed by atoms with Gasteiger partial charge in [-0.25, -0.2) is 0 Å². The fourth-order valence-corrected chi connectivity index (χ4v) is 1.57. The van der Waals surface area contributed by atoms with Gasteiger partial charge in [-0.2, -0.15) is 5.26 Å². The van der Waals surface area contributed by atoms with E-state index in [1.165, 1.54) is 0 Å². The van der Waals surface area contributed by atoms with Gasteiger partial charge in [-0.15, -0.1) is 0 Å². The molecule has 0 aromatic heterocycles. The van der Waals surface area contributed by atoms with Crippen LogP contribution in [0, 0.1) is 22.7 Å². The van der Waals surface area contributed by atoms with E-state index in [2.05, 4.69) is 13.0 Å². The van der Waals surface area contributed by atoms with Gasteiger partial charge in [0.1, 0.15) is 0 Å². The second kappa shape index (κ2) is 1.48. The van der Waals surface area contributed by atoms with Crippen LogP contribution in [-0.2, 0) is 0 Å². The standard InChI is InChI=1S/C7H11N/c1-6-3-7(2,4-6)5-8/h6H,3-4H2,1-2H3/t6-,7+. The summed E-state index contributed by atoms with van der Waals surface area (Å²) < 4.78 is 0. The summed E-state index contributed by atoms with van der Waals surface area (Å²) in [5.41, 5.74) is 0.0411. The molecule has 44 valence electrons. The van der Waals surface area contributed by atoms with Crippen molar-refractivity contribution >= 4 is 0 Å². The quantitative estimate of drug-likeness (QED) is 0.466. The van der Waals surface area contributed by atoms with E-state index in [-0.39, 0.29) is 5.41 Å². The lowest BCUT2D eigenvalue weighted by Gasteiger charge is -2.37. The molecule has 0 saturated heterocycles. The molecule has 1 rings (SSSR count). The van der Waals surface area contributed by atoms with Crippen LogP contribution in [0.5, 0.6) is 0 Å². The summed E-state index contributed by atoms with van der Waals surface area (Å²) in [4.78, 5) is 0. The topological polar surface area (TPSA) is 23.8 Å². The van der Waals surface area contributed by atoms with Crippen LogP contribution in [0.25, 0.3) is 0 Å². The molecule has 0 aromatic carbocycles. The molecule has 0 aliphatic heterocycles. The minimum Gasteiger partial charge on any atom is -0.198 e. The van der Waals surface area contributed by atoms with E-state index >= 15 is 0 Å². The summed E-state index contributed by atoms with van der Waals surface area (Å²) in [7, 11) is 0. The van der Waals surface area contributed by atoms with Gasteiger partial charge in [0.15, 0.2) is 0 Å². The zero-order chi connectivity index (χ0) is 6.20. The first-order valence-electron chi connectivity index (χ1n) is 3.07. The van der Waals surface area contributed by atoms with Gasteiger partial charge in [-0.1, -0.05) is 6.92 Å². The second-order valence-electron chi connectivity index (χ2n) is 3.19. The van der Waals surface area contributed by atoms with Gasteiger partial charge < -0.3 is 0 Å². The Kier molecular flexibility index (Phi) is 1.04. The summed E-state index contributed by atoms with van der Waals surface area (Å²) in [5, 5.41) is 8.51. The number of nitriles is 1. The van der Waals surface area contributed by atoms with Gasteiger partial charge in [0.05, 0.1) is 11.5 Å². The second-order valence-corrected chi connectivity index (χ2v) is 3.19. The first-order chi connectivity index (χ1) is 3.66. The van der Waals surface area contributed by atoms with Crippen LogP contribution in [0.1, 0.15) is 26.7 Å². The molecule has 0 N–H and O–H groups in total. The Morgan fingerprint density at radius 2 is 2.12 bits per heavy atom. The molecule has 0 unspecified atom stereocenters. The molecule has 0 bridgehead atoms. The molecule has 8 heavy (non-hydrogen) atoms. The van der Waals surface area contributed by atoms with Gasteiger partial charge in [0, 0.05) is 0 Å². The number of nitrogens with zero attached hydrogens (tertiary/aromatic N) is 1. The van der Waals surface area contributed by atoms with Crippen molar-refractivity contribution in [1.82, 2.24) is 0 Å². The monoisotopic (exact) mass is 109 g/mol. The van der Waals surface area contributed by atoms with Crippen molar-refractivity contribution in [1.29, 1.82) is 5.26 Å². The summed E-state index contributed by atoms with van der Waals surface area (Å²) in [6.45, 7) is 4.23. The van der Waals surface area contributed by atoms with Crippen molar-refractivity contribution in [2.24, 2.45) is 11.3 Å². The summed E-state index contributed by atoms with van der Waals surface area (Å²) in [5.74, 6) is 0.791. The molecule has 0 aromatic rings. The van der Waals surface area contributed by atoms with E-state index in [0.717, 1.165) is 18.8 Å². The van der Waals surface area contributed by atoms with E-state index in [4.69, 9.17) is 5.26 Å². The van der Waals surface area contributed by atoms with Crippen molar-refractivity contribution in [3.05, 3.63) is 0 Å². The van der Waals surface area contributed by atoms with E-state index in [1.54, 1.807) is 0 Å². The molecule has 0 atom stereocenters. The molecular weight excluding hydrogens is 98.1 g/mol. The van der Waals surface area contributed by atoms with Crippen molar-refractivity contribution in [2.45, 2.75) is 26.7 Å². The Morgan fingerprint density at radius 1 is 1.62 bits per heavy atom. The third-order valence-electron chi connectivity index (χ3n) is 1.87. The van der Waals surface area contributed by atoms with E-state index < -0.39 is 0 Å². The highest BCUT2D eigenvalue weighted by atomic mass is 14.4. The van der Waals surface area contributed by atoms with Gasteiger partial charge >= 0.3 is 0 Å². The van der Waals surface area contributed by atoms with Crippen LogP contribution in [0.4, 0.5) is 0 Å². The van der Waals surface area contributed by atoms with Crippen LogP contribution in [0.15, 0.2) is 0 Å². The fraction of sp³-hybridized carbons (Fsp3) is 0.857. The molecule has 0 heterocycles. The van der Waals surface area contributed by atoms with Gasteiger partial charge in [0.2, 0.25) is 0 Å². The molecule has 0 spiro atoms. The highest BCUT2D eigenvalue weighted by molar-refractivity contribution is 5.03. The Hall–Kier alpha value is -0.510. The van der Waals surface area contributed by atoms with Crippen molar-refractivity contribution in [2.75, 3.05) is 0 Å². The molecular formula is C7H11N. The fourth-order valence-electron chi connectivity index (χ4n) is 1.57. The van der Waals surface area contributed by atoms with Crippen LogP contribution < -0.4 is 0 Å². The molecule has 1 fully saturated rings. The predicted molar refractivity (Wildman–Crippen MR) is 32.1 cm³/mol. The Labute approximate surface area is 50.3 Å². The molecule has 0 amide bonds. The van der Waals surface area contributed by atoms with Crippen LogP contribution in [0.3, 0.4) is 0 Å². The van der Waals surface area contributed by atoms with E-state index in [9.17, 15) is 0 Å². The molecule has 1 aliphatic rings. The van der Waals surface area contributed by atoms with Crippen molar-refractivity contribution < 1.29 is 0 Å². The lowest BCUT2D eigenvalue weighted by molar-refractivity contribution is 0.154. The molecule has 1 nitrogen and oxygen atoms in total. The van der Waals surface area contributed by atoms with E-state index in [1.807, 2.05) is 6.92 Å². The minimum absolute atomic E-state index is 0.0411. The Balaban J connectivity index is 2.44. The zero-order valence-electron chi connectivity index (χ0n) is 5.44. The Bertz CT molecular complexity index is 126. The summed E-state index contributed by atoms with van der Waals surface area (Å²) in [6, 6.07) is 2.31. The first kappa shape index (κ1) is 5.62. The average Bonchev–Trinajstić information content (AvgIpc) is 1.63. The summed E-state index contributed by atoms with van der Waals surface area (Å²) in [6.07, 6.45) is 2.20. The lowest BCUT2D eigenvalue weighted by atomic mass is 9.65. The zero-order valence-corrected chi connectivity index (χ0v) is 5.44. The van der Waals surface area contributed by atoms with Crippen LogP contribution in [0.2, 0.25) is 0 Å². The summed E-state index contributed by atoms with van der Waals surface area (Å²) >= 11 is 0. The smallest absolute Gasteiger partial charge is 0.0687 e. The van der Waals surface area contributed by atoms with Gasteiger partial charge in [-0.05, 0) is 25.7 Å². The maximum absolute atomic E-state index is 8.51. The van der Waals surface area contributed by atoms with Crippen molar-refractivity contribution in [3.63, 3.8) is 0 Å². The SMILES string of the molecule is C[C@H]1C[C@@](C)(C#N)C1. The van der Waals surface area contributed by atoms with E-state index in [0.29, 0.717) is 0 Å². The normalized spacial score (nSPS) is 44.9. The minimum atomic E-state index is 0.0411. The highest BCUT2D eigenvalue weighted by Crippen LogP contribution is 2.43. The molecule has 1 saturated carbocycles. The molecule has 1 heteroatoms. The maximum Gasteiger partial charge on any atom is 0.0687 e. The lowest BCUT2D eigenvalue weighted by Crippen LogP contribution is -2.30. The van der Waals surface area contributed by atoms with Crippen molar-refractivity contribution in [3.8, 4) is 6.07 Å². The number of hydrogen-bond acceptors (Lipinski definition) is 1. The third-order valence-corrected chi connectivity index (χ3v) is 1.87. The van der Waals surface area contributed by atoms with Gasteiger partial charge in [0.25, 0.3) is 0 Å². The third kappa shape index (κ3) is 0.709. The number of hydrogen-bond donors (Lipinski definition) is 0. The molecule has 1 aliphatic carbocycles. The first-order valence-corrected chi connectivity index (χ1v) is 3.07. The Morgan fingerprint density at radius 3 is 2.25 bits per heavy atom. The van der Waals surface area contributed by atoms with Gasteiger partial charge in [-0.3, -0.25) is 0 Å². The van der Waals surface area contributed by atoms with Crippen LogP contribution >= 0.6 is 0 Å². The predicted octanol–water partition coefficient (Wildman–Crippen LogP) is 1.95.